The lowest BCUT2D eigenvalue weighted by molar-refractivity contribution is -0.914. The van der Waals surface area contributed by atoms with E-state index in [2.05, 4.69) is 14.0 Å². The summed E-state index contributed by atoms with van der Waals surface area (Å²) in [6.07, 6.45) is 7.16. The molecule has 0 aromatic rings. The van der Waals surface area contributed by atoms with Crippen molar-refractivity contribution in [3.8, 4) is 0 Å². The SMILES string of the molecule is CCCC[N+]1(C)CCCCC1.[I-]. The fraction of sp³-hybridized carbons (Fsp3) is 1.00. The summed E-state index contributed by atoms with van der Waals surface area (Å²) in [6.45, 7) is 6.56. The third-order valence-corrected chi connectivity index (χ3v) is 2.95. The van der Waals surface area contributed by atoms with Gasteiger partial charge in [0.25, 0.3) is 0 Å². The highest BCUT2D eigenvalue weighted by atomic mass is 127. The normalized spacial score (nSPS) is 21.5. The Kier molecular flexibility index (Phi) is 6.55. The summed E-state index contributed by atoms with van der Waals surface area (Å²) >= 11 is 0. The van der Waals surface area contributed by atoms with Gasteiger partial charge >= 0.3 is 0 Å². The van der Waals surface area contributed by atoms with E-state index in [0.717, 1.165) is 0 Å². The van der Waals surface area contributed by atoms with Crippen LogP contribution in [0.4, 0.5) is 0 Å². The number of hydrogen-bond donors (Lipinski definition) is 0. The van der Waals surface area contributed by atoms with Crippen molar-refractivity contribution in [2.75, 3.05) is 26.7 Å². The number of hydrogen-bond acceptors (Lipinski definition) is 0. The van der Waals surface area contributed by atoms with E-state index in [1.54, 1.807) is 0 Å². The molecule has 0 aromatic carbocycles. The maximum Gasteiger partial charge on any atom is 0.0784 e. The third-order valence-electron chi connectivity index (χ3n) is 2.95. The molecule has 2 heteroatoms. The summed E-state index contributed by atoms with van der Waals surface area (Å²) in [5.41, 5.74) is 0. The first-order valence-electron chi connectivity index (χ1n) is 5.10. The van der Waals surface area contributed by atoms with E-state index < -0.39 is 0 Å². The molecule has 0 N–H and O–H groups in total. The Morgan fingerprint density at radius 2 is 1.67 bits per heavy atom. The van der Waals surface area contributed by atoms with Gasteiger partial charge in [0.05, 0.1) is 26.7 Å². The zero-order chi connectivity index (χ0) is 8.16. The number of nitrogens with zero attached hydrogens (tertiary/aromatic N) is 1. The lowest BCUT2D eigenvalue weighted by atomic mass is 10.1. The molecule has 1 rings (SSSR count). The summed E-state index contributed by atoms with van der Waals surface area (Å²) in [7, 11) is 2.43. The second-order valence-corrected chi connectivity index (χ2v) is 4.20. The zero-order valence-corrected chi connectivity index (χ0v) is 10.6. The molecule has 0 radical (unpaired) electrons. The van der Waals surface area contributed by atoms with Crippen molar-refractivity contribution in [1.82, 2.24) is 0 Å². The highest BCUT2D eigenvalue weighted by Gasteiger charge is 2.23. The molecule has 12 heavy (non-hydrogen) atoms. The molecule has 0 aromatic heterocycles. The Morgan fingerprint density at radius 3 is 2.17 bits per heavy atom. The van der Waals surface area contributed by atoms with Gasteiger partial charge < -0.3 is 28.5 Å². The molecule has 0 atom stereocenters. The number of halogens is 1. The average Bonchev–Trinajstić information content (AvgIpc) is 2.03. The largest absolute Gasteiger partial charge is 1.00 e. The Morgan fingerprint density at radius 1 is 1.08 bits per heavy atom. The number of rotatable bonds is 3. The third kappa shape index (κ3) is 4.08. The lowest BCUT2D eigenvalue weighted by Gasteiger charge is -2.37. The van der Waals surface area contributed by atoms with Gasteiger partial charge in [0.1, 0.15) is 0 Å². The van der Waals surface area contributed by atoms with E-state index in [4.69, 9.17) is 0 Å². The molecular formula is C10H22IN. The van der Waals surface area contributed by atoms with Gasteiger partial charge in [-0.3, -0.25) is 0 Å². The summed E-state index contributed by atoms with van der Waals surface area (Å²) in [6, 6.07) is 0. The van der Waals surface area contributed by atoms with E-state index in [0.29, 0.717) is 0 Å². The lowest BCUT2D eigenvalue weighted by Crippen LogP contribution is -3.00. The van der Waals surface area contributed by atoms with Crippen LogP contribution in [0.1, 0.15) is 39.0 Å². The number of unbranched alkanes of at least 4 members (excludes halogenated alkanes) is 1. The van der Waals surface area contributed by atoms with Crippen molar-refractivity contribution in [1.29, 1.82) is 0 Å². The van der Waals surface area contributed by atoms with Gasteiger partial charge in [0, 0.05) is 0 Å². The van der Waals surface area contributed by atoms with E-state index in [1.165, 1.54) is 56.2 Å². The van der Waals surface area contributed by atoms with E-state index in [1.807, 2.05) is 0 Å². The van der Waals surface area contributed by atoms with Gasteiger partial charge in [0.2, 0.25) is 0 Å². The predicted octanol–water partition coefficient (Wildman–Crippen LogP) is -0.579. The first-order chi connectivity index (χ1) is 5.27. The second-order valence-electron chi connectivity index (χ2n) is 4.20. The summed E-state index contributed by atoms with van der Waals surface area (Å²) in [5.74, 6) is 0. The molecule has 74 valence electrons. The fourth-order valence-electron chi connectivity index (χ4n) is 2.04. The van der Waals surface area contributed by atoms with Gasteiger partial charge in [0.15, 0.2) is 0 Å². The molecule has 0 spiro atoms. The Labute approximate surface area is 94.1 Å². The number of piperidine rings is 1. The van der Waals surface area contributed by atoms with Gasteiger partial charge in [-0.05, 0) is 25.7 Å². The van der Waals surface area contributed by atoms with Crippen LogP contribution in [0, 0.1) is 0 Å². The molecule has 0 amide bonds. The van der Waals surface area contributed by atoms with Crippen LogP contribution in [-0.4, -0.2) is 31.2 Å². The maximum absolute atomic E-state index is 2.43. The highest BCUT2D eigenvalue weighted by molar-refractivity contribution is 4.51. The van der Waals surface area contributed by atoms with Crippen LogP contribution >= 0.6 is 0 Å². The van der Waals surface area contributed by atoms with Gasteiger partial charge in [-0.1, -0.05) is 13.3 Å². The van der Waals surface area contributed by atoms with Crippen LogP contribution in [-0.2, 0) is 0 Å². The summed E-state index contributed by atoms with van der Waals surface area (Å²) in [5, 5.41) is 0. The van der Waals surface area contributed by atoms with Crippen LogP contribution in [0.5, 0.6) is 0 Å². The molecule has 0 aliphatic carbocycles. The van der Waals surface area contributed by atoms with E-state index in [9.17, 15) is 0 Å². The molecule has 0 unspecified atom stereocenters. The van der Waals surface area contributed by atoms with Crippen molar-refractivity contribution >= 4 is 0 Å². The average molecular weight is 283 g/mol. The number of quaternary nitrogens is 1. The van der Waals surface area contributed by atoms with Crippen molar-refractivity contribution in [3.05, 3.63) is 0 Å². The smallest absolute Gasteiger partial charge is 0.0784 e. The van der Waals surface area contributed by atoms with Gasteiger partial charge in [-0.25, -0.2) is 0 Å². The molecule has 0 saturated carbocycles. The minimum atomic E-state index is 0. The predicted molar refractivity (Wildman–Crippen MR) is 49.5 cm³/mol. The molecule has 1 saturated heterocycles. The Hall–Kier alpha value is 0.690. The van der Waals surface area contributed by atoms with Crippen molar-refractivity contribution in [2.45, 2.75) is 39.0 Å². The first kappa shape index (κ1) is 12.7. The van der Waals surface area contributed by atoms with Crippen LogP contribution in [0.2, 0.25) is 0 Å². The fourth-order valence-corrected chi connectivity index (χ4v) is 2.04. The molecule has 1 aliphatic rings. The van der Waals surface area contributed by atoms with E-state index in [-0.39, 0.29) is 24.0 Å². The minimum Gasteiger partial charge on any atom is -1.00 e. The monoisotopic (exact) mass is 283 g/mol. The minimum absolute atomic E-state index is 0. The summed E-state index contributed by atoms with van der Waals surface area (Å²) < 4.78 is 1.36. The van der Waals surface area contributed by atoms with Crippen LogP contribution < -0.4 is 24.0 Å². The van der Waals surface area contributed by atoms with Crippen molar-refractivity contribution in [3.63, 3.8) is 0 Å². The maximum atomic E-state index is 2.43. The Bertz CT molecular complexity index is 108. The number of likely N-dealkylation sites (tertiary alicyclic amines) is 1. The molecular weight excluding hydrogens is 261 g/mol. The quantitative estimate of drug-likeness (QED) is 0.480. The Balaban J connectivity index is 0.00000121. The van der Waals surface area contributed by atoms with Gasteiger partial charge in [-0.2, -0.15) is 0 Å². The van der Waals surface area contributed by atoms with Crippen LogP contribution in [0.15, 0.2) is 0 Å². The van der Waals surface area contributed by atoms with Crippen molar-refractivity contribution in [2.24, 2.45) is 0 Å². The first-order valence-corrected chi connectivity index (χ1v) is 5.10. The molecule has 1 fully saturated rings. The second kappa shape index (κ2) is 6.19. The van der Waals surface area contributed by atoms with Crippen LogP contribution in [0.25, 0.3) is 0 Å². The van der Waals surface area contributed by atoms with Crippen LogP contribution in [0.3, 0.4) is 0 Å². The molecule has 1 nitrogen and oxygen atoms in total. The zero-order valence-electron chi connectivity index (χ0n) is 8.48. The molecule has 1 heterocycles. The molecule has 0 bridgehead atoms. The van der Waals surface area contributed by atoms with E-state index >= 15 is 0 Å². The topological polar surface area (TPSA) is 0 Å². The standard InChI is InChI=1S/C10H22N.HI/c1-3-4-8-11(2)9-6-5-7-10-11;/h3-10H2,1-2H3;1H/q+1;/p-1. The van der Waals surface area contributed by atoms with Crippen molar-refractivity contribution < 1.29 is 28.5 Å². The molecule has 1 aliphatic heterocycles. The van der Waals surface area contributed by atoms with Gasteiger partial charge in [-0.15, -0.1) is 0 Å². The highest BCUT2D eigenvalue weighted by Crippen LogP contribution is 2.16. The summed E-state index contributed by atoms with van der Waals surface area (Å²) in [4.78, 5) is 0.